The van der Waals surface area contributed by atoms with Crippen LogP contribution in [0.25, 0.3) is 0 Å². The largest absolute Gasteiger partial charge is 0.463 e. The molecule has 0 aromatic heterocycles. The maximum atomic E-state index is 12.3. The Balaban J connectivity index is 2.68. The van der Waals surface area contributed by atoms with Gasteiger partial charge in [0.15, 0.2) is 48.6 Å². The summed E-state index contributed by atoms with van der Waals surface area (Å²) >= 11 is 0. The number of hydroxylamine groups is 1. The number of esters is 8. The number of rotatable bonds is 13. The van der Waals surface area contributed by atoms with Crippen LogP contribution in [0.5, 0.6) is 0 Å². The van der Waals surface area contributed by atoms with E-state index in [1.165, 1.54) is 0 Å². The Bertz CT molecular complexity index is 1350. The molecule has 2 aliphatic heterocycles. The van der Waals surface area contributed by atoms with Gasteiger partial charge in [-0.15, -0.1) is 0 Å². The fourth-order valence-corrected chi connectivity index (χ4v) is 5.29. The minimum Gasteiger partial charge on any atom is -0.463 e. The molecule has 0 spiro atoms. The molecule has 2 N–H and O–H groups in total. The fourth-order valence-electron chi connectivity index (χ4n) is 5.29. The molecule has 21 nitrogen and oxygen atoms in total. The topological polar surface area (TPSA) is 273 Å². The lowest BCUT2D eigenvalue weighted by atomic mass is 9.93. The number of carbonyl (C=O) groups excluding carboxylic acids is 8. The Morgan fingerprint density at radius 1 is 0.490 bits per heavy atom. The molecule has 2 fully saturated rings. The van der Waals surface area contributed by atoms with Crippen molar-refractivity contribution in [2.45, 2.75) is 116 Å². The normalized spacial score (nSPS) is 28.9. The lowest BCUT2D eigenvalue weighted by Crippen LogP contribution is -2.65. The van der Waals surface area contributed by atoms with Gasteiger partial charge in [-0.25, -0.2) is 0 Å². The molecular weight excluding hydrogens is 692 g/mol. The summed E-state index contributed by atoms with van der Waals surface area (Å²) in [6.07, 6.45) is -15.1. The van der Waals surface area contributed by atoms with E-state index in [1.54, 1.807) is 5.48 Å². The maximum Gasteiger partial charge on any atom is 0.303 e. The van der Waals surface area contributed by atoms with E-state index >= 15 is 0 Å². The molecule has 2 heterocycles. The Hall–Kier alpha value is -4.89. The van der Waals surface area contributed by atoms with Gasteiger partial charge in [0.1, 0.15) is 31.5 Å². The lowest BCUT2D eigenvalue weighted by Gasteiger charge is -2.45. The van der Waals surface area contributed by atoms with Crippen LogP contribution >= 0.6 is 0 Å². The molecule has 0 aromatic rings. The van der Waals surface area contributed by atoms with Gasteiger partial charge in [-0.3, -0.25) is 54.0 Å². The summed E-state index contributed by atoms with van der Waals surface area (Å²) in [5.41, 5.74) is 1.81. The highest BCUT2D eigenvalue weighted by molar-refractivity contribution is 5.87. The number of hydrogen-bond acceptors (Lipinski definition) is 20. The van der Waals surface area contributed by atoms with Crippen LogP contribution in [0.1, 0.15) is 55.4 Å². The summed E-state index contributed by atoms with van der Waals surface area (Å²) in [6.45, 7) is 6.69. The summed E-state index contributed by atoms with van der Waals surface area (Å²) in [5.74, 6) is -7.34. The van der Waals surface area contributed by atoms with Crippen molar-refractivity contribution in [2.75, 3.05) is 19.8 Å². The minimum atomic E-state index is -1.67. The zero-order valence-electron chi connectivity index (χ0n) is 29.1. The van der Waals surface area contributed by atoms with Crippen LogP contribution in [0, 0.1) is 0 Å². The van der Waals surface area contributed by atoms with Crippen LogP contribution in [-0.2, 0) is 85.7 Å². The highest BCUT2D eigenvalue weighted by Crippen LogP contribution is 2.32. The number of aliphatic imine (C=N–C) groups is 1. The molecular formula is C30H42N2O19. The van der Waals surface area contributed by atoms with Crippen molar-refractivity contribution in [1.29, 1.82) is 0 Å². The van der Waals surface area contributed by atoms with Gasteiger partial charge in [0.05, 0.1) is 6.54 Å². The number of amidine groups is 1. The summed E-state index contributed by atoms with van der Waals surface area (Å²) in [5, 5.41) is 10.3. The van der Waals surface area contributed by atoms with E-state index in [1.807, 2.05) is 0 Å². The molecule has 0 unspecified atom stereocenters. The average molecular weight is 735 g/mol. The highest BCUT2D eigenvalue weighted by atomic mass is 16.7. The minimum absolute atomic E-state index is 0.525. The van der Waals surface area contributed by atoms with Crippen molar-refractivity contribution < 1.29 is 90.9 Å². The van der Waals surface area contributed by atoms with Crippen molar-refractivity contribution >= 4 is 53.6 Å². The summed E-state index contributed by atoms with van der Waals surface area (Å²) in [7, 11) is 0. The second kappa shape index (κ2) is 19.5. The molecule has 2 saturated heterocycles. The quantitative estimate of drug-likeness (QED) is 0.0725. The van der Waals surface area contributed by atoms with Gasteiger partial charge < -0.3 is 47.4 Å². The van der Waals surface area contributed by atoms with Gasteiger partial charge in [0.2, 0.25) is 0 Å². The summed E-state index contributed by atoms with van der Waals surface area (Å²) < 4.78 is 54.4. The molecule has 2 aliphatic rings. The lowest BCUT2D eigenvalue weighted by molar-refractivity contribution is -0.250. The van der Waals surface area contributed by atoms with Crippen LogP contribution in [-0.4, -0.2) is 140 Å². The summed E-state index contributed by atoms with van der Waals surface area (Å²) in [4.78, 5) is 101. The predicted molar refractivity (Wildman–Crippen MR) is 161 cm³/mol. The number of ether oxygens (including phenoxy) is 10. The molecule has 10 atom stereocenters. The SMILES string of the molecule is CC(=O)OC[C@H]1O[C@@H](CN=C(NO)[C@@H]2O[C@H](COC(C)=O)[C@@H](OC(C)=O)[C@H](OC(C)=O)[C@H]2OC(C)=O)[C@H](OC(C)=O)[C@@H](OC(C)=O)[C@@H]1OC(C)=O. The fraction of sp³-hybridized carbons (Fsp3) is 0.700. The third kappa shape index (κ3) is 13.1. The standard InChI is InChI=1S/C30H42N2O19/c1-12(33)42-10-21-24(45-15(4)36)26(47-17(6)38)23(44-14(3)35)20(50-21)9-31-30(32-41)29-28(49-19(8)40)27(48-18(7)39)25(46-16(5)37)22(51-29)11-43-13(2)34/h20-29,41H,9-11H2,1-8H3,(H,31,32)/t20-,21+,22+,23-,24+,25+,26+,27-,28+,29+/m0/s1. The maximum absolute atomic E-state index is 12.3. The monoisotopic (exact) mass is 734 g/mol. The van der Waals surface area contributed by atoms with Gasteiger partial charge in [0, 0.05) is 55.4 Å². The molecule has 2 rings (SSSR count). The Labute approximate surface area is 291 Å². The molecule has 51 heavy (non-hydrogen) atoms. The van der Waals surface area contributed by atoms with Crippen molar-refractivity contribution in [2.24, 2.45) is 4.99 Å². The summed E-state index contributed by atoms with van der Waals surface area (Å²) in [6, 6.07) is 0. The van der Waals surface area contributed by atoms with Crippen LogP contribution in [0.3, 0.4) is 0 Å². The van der Waals surface area contributed by atoms with Crippen LogP contribution in [0.2, 0.25) is 0 Å². The molecule has 21 heteroatoms. The first-order valence-electron chi connectivity index (χ1n) is 15.4. The zero-order chi connectivity index (χ0) is 38.6. The van der Waals surface area contributed by atoms with E-state index in [0.717, 1.165) is 55.4 Å². The van der Waals surface area contributed by atoms with Crippen LogP contribution < -0.4 is 5.48 Å². The number of nitrogens with one attached hydrogen (secondary N) is 1. The van der Waals surface area contributed by atoms with Gasteiger partial charge in [-0.05, 0) is 0 Å². The Morgan fingerprint density at radius 3 is 1.20 bits per heavy atom. The molecule has 0 aliphatic carbocycles. The Kier molecular flexibility index (Phi) is 16.2. The van der Waals surface area contributed by atoms with Gasteiger partial charge in [-0.1, -0.05) is 0 Å². The first-order valence-corrected chi connectivity index (χ1v) is 15.4. The second-order valence-electron chi connectivity index (χ2n) is 11.2. The van der Waals surface area contributed by atoms with E-state index < -0.39 is 134 Å². The van der Waals surface area contributed by atoms with Crippen LogP contribution in [0.15, 0.2) is 4.99 Å². The second-order valence-corrected chi connectivity index (χ2v) is 11.2. The van der Waals surface area contributed by atoms with E-state index in [9.17, 15) is 43.6 Å². The average Bonchev–Trinajstić information content (AvgIpc) is 2.99. The number of hydrogen-bond donors (Lipinski definition) is 2. The van der Waals surface area contributed by atoms with Gasteiger partial charge >= 0.3 is 47.8 Å². The molecule has 0 radical (unpaired) electrons. The van der Waals surface area contributed by atoms with Crippen molar-refractivity contribution in [3.8, 4) is 0 Å². The molecule has 0 amide bonds. The van der Waals surface area contributed by atoms with E-state index in [2.05, 4.69) is 4.99 Å². The zero-order valence-corrected chi connectivity index (χ0v) is 29.1. The first kappa shape index (κ1) is 42.3. The smallest absolute Gasteiger partial charge is 0.303 e. The molecule has 286 valence electrons. The van der Waals surface area contributed by atoms with Crippen molar-refractivity contribution in [3.05, 3.63) is 0 Å². The number of carbonyl (C=O) groups is 8. The number of nitrogens with zero attached hydrogens (tertiary/aromatic N) is 1. The first-order chi connectivity index (χ1) is 23.8. The van der Waals surface area contributed by atoms with Crippen molar-refractivity contribution in [1.82, 2.24) is 5.48 Å². The van der Waals surface area contributed by atoms with E-state index in [4.69, 9.17) is 47.4 Å². The predicted octanol–water partition coefficient (Wildman–Crippen LogP) is -1.39. The van der Waals surface area contributed by atoms with Crippen LogP contribution in [0.4, 0.5) is 0 Å². The molecule has 0 saturated carbocycles. The van der Waals surface area contributed by atoms with E-state index in [0.29, 0.717) is 0 Å². The third-order valence-electron chi connectivity index (χ3n) is 6.90. The Morgan fingerprint density at radius 2 is 0.824 bits per heavy atom. The van der Waals surface area contributed by atoms with E-state index in [-0.39, 0.29) is 0 Å². The van der Waals surface area contributed by atoms with Gasteiger partial charge in [-0.2, -0.15) is 0 Å². The third-order valence-corrected chi connectivity index (χ3v) is 6.90. The van der Waals surface area contributed by atoms with Crippen molar-refractivity contribution in [3.63, 3.8) is 0 Å². The van der Waals surface area contributed by atoms with Gasteiger partial charge in [0.25, 0.3) is 0 Å². The molecule has 0 bridgehead atoms. The highest BCUT2D eigenvalue weighted by Gasteiger charge is 2.55. The molecule has 0 aromatic carbocycles.